The van der Waals surface area contributed by atoms with E-state index in [0.29, 0.717) is 35.1 Å². The van der Waals surface area contributed by atoms with Crippen molar-refractivity contribution in [2.45, 2.75) is 20.4 Å². The third kappa shape index (κ3) is 5.81. The Bertz CT molecular complexity index is 1410. The zero-order valence-corrected chi connectivity index (χ0v) is 20.7. The number of benzene rings is 3. The lowest BCUT2D eigenvalue weighted by Gasteiger charge is -2.10. The Morgan fingerprint density at radius 3 is 2.22 bits per heavy atom. The second kappa shape index (κ2) is 10.7. The van der Waals surface area contributed by atoms with Gasteiger partial charge in [0, 0.05) is 23.5 Å². The number of ether oxygens (including phenoxy) is 1. The molecule has 190 valence electrons. The van der Waals surface area contributed by atoms with Gasteiger partial charge in [-0.05, 0) is 79.1 Å². The molecule has 0 aliphatic heterocycles. The van der Waals surface area contributed by atoms with Crippen molar-refractivity contribution in [2.75, 3.05) is 23.1 Å². The van der Waals surface area contributed by atoms with Crippen molar-refractivity contribution in [3.05, 3.63) is 88.5 Å². The lowest BCUT2D eigenvalue weighted by atomic mass is 10.1. The quantitative estimate of drug-likeness (QED) is 0.198. The lowest BCUT2D eigenvalue weighted by molar-refractivity contribution is 0.0999. The van der Waals surface area contributed by atoms with Gasteiger partial charge < -0.3 is 31.5 Å². The Morgan fingerprint density at radius 1 is 1.00 bits per heavy atom. The van der Waals surface area contributed by atoms with Crippen molar-refractivity contribution in [1.82, 2.24) is 10.2 Å². The summed E-state index contributed by atoms with van der Waals surface area (Å²) >= 11 is 0. The van der Waals surface area contributed by atoms with E-state index in [1.165, 1.54) is 0 Å². The van der Waals surface area contributed by atoms with E-state index >= 15 is 0 Å². The molecule has 1 heterocycles. The highest BCUT2D eigenvalue weighted by atomic mass is 16.5. The number of aromatic amines is 1. The maximum atomic E-state index is 12.5. The number of nitrogens with two attached hydrogens (primary N) is 1. The van der Waals surface area contributed by atoms with E-state index in [-0.39, 0.29) is 23.0 Å². The number of carbonyl (C=O) groups excluding carboxylic acids is 2. The number of hydrogen-bond donors (Lipinski definition) is 6. The molecule has 0 fully saturated rings. The van der Waals surface area contributed by atoms with E-state index in [1.54, 1.807) is 55.6 Å². The number of nitrogens with zero attached hydrogens (tertiary/aromatic N) is 1. The molecule has 4 rings (SSSR count). The highest BCUT2D eigenvalue weighted by Crippen LogP contribution is 2.27. The number of phenolic OH excluding ortho intramolecular Hbond substituents is 1. The second-order valence-corrected chi connectivity index (χ2v) is 8.50. The van der Waals surface area contributed by atoms with Crippen LogP contribution in [0.3, 0.4) is 0 Å². The first kappa shape index (κ1) is 25.1. The molecule has 1 aromatic heterocycles. The second-order valence-electron chi connectivity index (χ2n) is 8.50. The van der Waals surface area contributed by atoms with Crippen LogP contribution in [0.5, 0.6) is 11.5 Å². The Morgan fingerprint density at radius 2 is 1.62 bits per heavy atom. The van der Waals surface area contributed by atoms with Crippen LogP contribution in [0.15, 0.2) is 60.7 Å². The van der Waals surface area contributed by atoms with E-state index in [9.17, 15) is 14.7 Å². The van der Waals surface area contributed by atoms with E-state index in [1.807, 2.05) is 26.0 Å². The van der Waals surface area contributed by atoms with Gasteiger partial charge in [0.1, 0.15) is 22.9 Å². The molecule has 0 unspecified atom stereocenters. The summed E-state index contributed by atoms with van der Waals surface area (Å²) in [5.41, 5.74) is 10.0. The maximum Gasteiger partial charge on any atom is 0.256 e. The number of methoxy groups -OCH3 is 1. The lowest BCUT2D eigenvalue weighted by Crippen LogP contribution is -2.15. The minimum absolute atomic E-state index is 0.184. The number of aromatic nitrogens is 2. The number of H-pyrrole nitrogens is 1. The molecule has 7 N–H and O–H groups in total. The highest BCUT2D eigenvalue weighted by molar-refractivity contribution is 6.05. The van der Waals surface area contributed by atoms with Gasteiger partial charge >= 0.3 is 0 Å². The van der Waals surface area contributed by atoms with Crippen LogP contribution in [0.25, 0.3) is 0 Å². The number of nitrogens with one attached hydrogen (secondary N) is 4. The number of rotatable bonds is 9. The minimum Gasteiger partial charge on any atom is -0.507 e. The Kier molecular flexibility index (Phi) is 7.28. The summed E-state index contributed by atoms with van der Waals surface area (Å²) in [7, 11) is 1.57. The molecule has 4 aromatic rings. The van der Waals surface area contributed by atoms with Crippen molar-refractivity contribution < 1.29 is 19.4 Å². The van der Waals surface area contributed by atoms with Crippen LogP contribution in [0, 0.1) is 13.8 Å². The Labute approximate surface area is 213 Å². The van der Waals surface area contributed by atoms with Gasteiger partial charge in [-0.3, -0.25) is 14.7 Å². The van der Waals surface area contributed by atoms with Gasteiger partial charge in [0.15, 0.2) is 5.82 Å². The van der Waals surface area contributed by atoms with Crippen LogP contribution >= 0.6 is 0 Å². The SMILES string of the molecule is COc1ccc(C(=O)Nc2ccc(Nc3n[nH]c(NCc4cc(C)c(O)c(C)c4)c3C(N)=O)cc2)cc1. The summed E-state index contributed by atoms with van der Waals surface area (Å²) in [5.74, 6) is 0.678. The van der Waals surface area contributed by atoms with Crippen molar-refractivity contribution in [3.63, 3.8) is 0 Å². The topological polar surface area (TPSA) is 154 Å². The molecule has 3 aromatic carbocycles. The van der Waals surface area contributed by atoms with Gasteiger partial charge in [-0.25, -0.2) is 0 Å². The number of carbonyl (C=O) groups is 2. The largest absolute Gasteiger partial charge is 0.507 e. The fourth-order valence-corrected chi connectivity index (χ4v) is 3.86. The highest BCUT2D eigenvalue weighted by Gasteiger charge is 2.19. The predicted octanol–water partition coefficient (Wildman–Crippen LogP) is 4.45. The third-order valence-corrected chi connectivity index (χ3v) is 5.79. The first-order chi connectivity index (χ1) is 17.7. The number of primary amides is 1. The van der Waals surface area contributed by atoms with Crippen LogP contribution < -0.4 is 26.4 Å². The molecule has 0 spiro atoms. The van der Waals surface area contributed by atoms with Crippen LogP contribution in [0.1, 0.15) is 37.4 Å². The van der Waals surface area contributed by atoms with Gasteiger partial charge in [-0.2, -0.15) is 5.10 Å². The molecule has 0 saturated carbocycles. The van der Waals surface area contributed by atoms with E-state index in [2.05, 4.69) is 26.1 Å². The molecule has 2 amide bonds. The zero-order chi connectivity index (χ0) is 26.5. The van der Waals surface area contributed by atoms with Crippen LogP contribution in [0.2, 0.25) is 0 Å². The van der Waals surface area contributed by atoms with Gasteiger partial charge in [-0.1, -0.05) is 12.1 Å². The molecule has 10 heteroatoms. The summed E-state index contributed by atoms with van der Waals surface area (Å²) in [6, 6.07) is 17.5. The molecular formula is C27H28N6O4. The number of aryl methyl sites for hydroxylation is 2. The summed E-state index contributed by atoms with van der Waals surface area (Å²) < 4.78 is 5.11. The van der Waals surface area contributed by atoms with Crippen molar-refractivity contribution in [2.24, 2.45) is 5.73 Å². The molecule has 0 bridgehead atoms. The van der Waals surface area contributed by atoms with Gasteiger partial charge in [0.25, 0.3) is 11.8 Å². The minimum atomic E-state index is -0.653. The van der Waals surface area contributed by atoms with E-state index < -0.39 is 5.91 Å². The van der Waals surface area contributed by atoms with Crippen LogP contribution in [0.4, 0.5) is 23.0 Å². The number of phenols is 1. The molecular weight excluding hydrogens is 472 g/mol. The fraction of sp³-hybridized carbons (Fsp3) is 0.148. The first-order valence-electron chi connectivity index (χ1n) is 11.5. The van der Waals surface area contributed by atoms with E-state index in [4.69, 9.17) is 10.5 Å². The maximum absolute atomic E-state index is 12.5. The van der Waals surface area contributed by atoms with Crippen molar-refractivity contribution >= 4 is 34.8 Å². The molecule has 10 nitrogen and oxygen atoms in total. The third-order valence-electron chi connectivity index (χ3n) is 5.79. The van der Waals surface area contributed by atoms with Crippen molar-refractivity contribution in [3.8, 4) is 11.5 Å². The molecule has 0 saturated heterocycles. The number of anilines is 4. The van der Waals surface area contributed by atoms with Crippen molar-refractivity contribution in [1.29, 1.82) is 0 Å². The standard InChI is InChI=1S/C27H28N6O4/c1-15-12-17(13-16(2)23(15)34)14-29-25-22(24(28)35)26(33-32-25)30-19-6-8-20(9-7-19)31-27(36)18-4-10-21(37-3)11-5-18/h4-13,34H,14H2,1-3H3,(H2,28,35)(H,31,36)(H3,29,30,32,33). The molecule has 0 aliphatic rings. The fourth-order valence-electron chi connectivity index (χ4n) is 3.86. The molecule has 0 aliphatic carbocycles. The average molecular weight is 501 g/mol. The molecule has 0 atom stereocenters. The van der Waals surface area contributed by atoms with Gasteiger partial charge in [-0.15, -0.1) is 0 Å². The Balaban J connectivity index is 1.43. The van der Waals surface area contributed by atoms with Crippen LogP contribution in [-0.4, -0.2) is 34.2 Å². The summed E-state index contributed by atoms with van der Waals surface area (Å²) in [4.78, 5) is 24.7. The van der Waals surface area contributed by atoms with Gasteiger partial charge in [0.05, 0.1) is 7.11 Å². The monoisotopic (exact) mass is 500 g/mol. The van der Waals surface area contributed by atoms with E-state index in [0.717, 1.165) is 16.7 Å². The number of amides is 2. The summed E-state index contributed by atoms with van der Waals surface area (Å²) in [6.45, 7) is 4.05. The summed E-state index contributed by atoms with van der Waals surface area (Å²) in [5, 5.41) is 26.0. The first-order valence-corrected chi connectivity index (χ1v) is 11.5. The number of hydrogen-bond acceptors (Lipinski definition) is 7. The number of aromatic hydroxyl groups is 1. The summed E-state index contributed by atoms with van der Waals surface area (Å²) in [6.07, 6.45) is 0. The zero-order valence-electron chi connectivity index (χ0n) is 20.7. The molecule has 0 radical (unpaired) electrons. The average Bonchev–Trinajstić information content (AvgIpc) is 3.29. The Hall–Kier alpha value is -4.99. The normalized spacial score (nSPS) is 10.6. The smallest absolute Gasteiger partial charge is 0.256 e. The molecule has 37 heavy (non-hydrogen) atoms. The van der Waals surface area contributed by atoms with Gasteiger partial charge in [0.2, 0.25) is 0 Å². The van der Waals surface area contributed by atoms with Crippen LogP contribution in [-0.2, 0) is 6.54 Å². The predicted molar refractivity (Wildman–Crippen MR) is 143 cm³/mol.